The Morgan fingerprint density at radius 3 is 1.95 bits per heavy atom. The maximum atomic E-state index is 11.1. The summed E-state index contributed by atoms with van der Waals surface area (Å²) in [7, 11) is -3.55. The summed E-state index contributed by atoms with van der Waals surface area (Å²) >= 11 is 0. The highest BCUT2D eigenvalue weighted by molar-refractivity contribution is 7.90. The second-order valence-electron chi connectivity index (χ2n) is 4.08. The number of carbonyl (C=O) groups excluding carboxylic acids is 1. The molecule has 0 aromatic heterocycles. The van der Waals surface area contributed by atoms with Crippen LogP contribution in [0.15, 0.2) is 47.4 Å². The Hall–Kier alpha value is -2.74. The van der Waals surface area contributed by atoms with Gasteiger partial charge >= 0.3 is 0 Å². The van der Waals surface area contributed by atoms with E-state index in [1.165, 1.54) is 30.3 Å². The van der Waals surface area contributed by atoms with E-state index >= 15 is 0 Å². The first-order valence-corrected chi connectivity index (χ1v) is 7.17. The van der Waals surface area contributed by atoms with Gasteiger partial charge in [-0.25, -0.2) is 13.1 Å². The van der Waals surface area contributed by atoms with E-state index in [1.807, 2.05) is 4.72 Å². The zero-order valence-corrected chi connectivity index (χ0v) is 11.3. The van der Waals surface area contributed by atoms with Gasteiger partial charge in [-0.3, -0.25) is 4.79 Å². The van der Waals surface area contributed by atoms with Crippen LogP contribution in [0, 0.1) is 0 Å². The van der Waals surface area contributed by atoms with Gasteiger partial charge < -0.3 is 15.3 Å². The van der Waals surface area contributed by atoms with Crippen LogP contribution in [0.4, 0.5) is 0 Å². The lowest BCUT2D eigenvalue weighted by atomic mass is 10.2. The molecule has 0 saturated heterocycles. The minimum absolute atomic E-state index is 0.0648. The van der Waals surface area contributed by atoms with Crippen LogP contribution in [-0.2, 0) is 10.0 Å². The Morgan fingerprint density at radius 2 is 1.43 bits per heavy atom. The van der Waals surface area contributed by atoms with Crippen LogP contribution in [0.2, 0.25) is 0 Å². The quantitative estimate of drug-likeness (QED) is 0.536. The summed E-state index contributed by atoms with van der Waals surface area (Å²) in [6, 6.07) is 10.1. The lowest BCUT2D eigenvalue weighted by Gasteiger charge is -1.96. The molecule has 1 aliphatic heterocycles. The fourth-order valence-electron chi connectivity index (χ4n) is 1.64. The second kappa shape index (κ2) is 5.33. The largest absolute Gasteiger partial charge is 0.504 e. The molecule has 110 valence electrons. The number of benzene rings is 2. The van der Waals surface area contributed by atoms with Gasteiger partial charge in [-0.05, 0) is 24.3 Å². The van der Waals surface area contributed by atoms with Gasteiger partial charge in [0.25, 0.3) is 15.9 Å². The number of hydrogen-bond acceptors (Lipinski definition) is 6. The van der Waals surface area contributed by atoms with E-state index in [-0.39, 0.29) is 22.0 Å². The standard InChI is InChI=1S/C7H5NO3S.C6H6O3/c9-7-5-3-1-2-4-6(5)12(10,11)8-7;7-4-2-1-3-5(8)6(4)9/h1-4H,(H,8,9);1-3,7-9H. The Labute approximate surface area is 120 Å². The summed E-state index contributed by atoms with van der Waals surface area (Å²) in [5.41, 5.74) is 0.220. The van der Waals surface area contributed by atoms with Crippen LogP contribution >= 0.6 is 0 Å². The summed E-state index contributed by atoms with van der Waals surface area (Å²) in [6.07, 6.45) is 0. The average molecular weight is 309 g/mol. The van der Waals surface area contributed by atoms with E-state index in [0.29, 0.717) is 0 Å². The van der Waals surface area contributed by atoms with Crippen molar-refractivity contribution in [2.45, 2.75) is 4.90 Å². The SMILES string of the molecule is O=C1NS(=O)(=O)c2ccccc21.Oc1cccc(O)c1O. The summed E-state index contributed by atoms with van der Waals surface area (Å²) < 4.78 is 24.2. The molecule has 3 rings (SSSR count). The van der Waals surface area contributed by atoms with Crippen molar-refractivity contribution in [1.82, 2.24) is 4.72 Å². The van der Waals surface area contributed by atoms with Crippen molar-refractivity contribution in [3.63, 3.8) is 0 Å². The first-order valence-electron chi connectivity index (χ1n) is 5.69. The molecule has 0 radical (unpaired) electrons. The topological polar surface area (TPSA) is 124 Å². The molecule has 8 heteroatoms. The fourth-order valence-corrected chi connectivity index (χ4v) is 2.81. The van der Waals surface area contributed by atoms with Crippen molar-refractivity contribution in [1.29, 1.82) is 0 Å². The van der Waals surface area contributed by atoms with E-state index < -0.39 is 21.7 Å². The van der Waals surface area contributed by atoms with Gasteiger partial charge in [0.15, 0.2) is 17.2 Å². The van der Waals surface area contributed by atoms with E-state index in [0.717, 1.165) is 0 Å². The highest BCUT2D eigenvalue weighted by Crippen LogP contribution is 2.32. The van der Waals surface area contributed by atoms with Crippen molar-refractivity contribution in [2.24, 2.45) is 0 Å². The third-order valence-corrected chi connectivity index (χ3v) is 4.03. The predicted octanol–water partition coefficient (Wildman–Crippen LogP) is 0.922. The molecule has 21 heavy (non-hydrogen) atoms. The van der Waals surface area contributed by atoms with E-state index in [4.69, 9.17) is 15.3 Å². The molecule has 0 spiro atoms. The molecule has 0 aliphatic carbocycles. The van der Waals surface area contributed by atoms with E-state index in [1.54, 1.807) is 12.1 Å². The molecular weight excluding hydrogens is 298 g/mol. The fraction of sp³-hybridized carbons (Fsp3) is 0. The van der Waals surface area contributed by atoms with Crippen LogP contribution in [0.1, 0.15) is 10.4 Å². The second-order valence-corrected chi connectivity index (χ2v) is 5.73. The van der Waals surface area contributed by atoms with Crippen molar-refractivity contribution in [2.75, 3.05) is 0 Å². The Kier molecular flexibility index (Phi) is 3.72. The maximum Gasteiger partial charge on any atom is 0.266 e. The molecule has 0 unspecified atom stereocenters. The number of phenols is 3. The molecule has 1 aliphatic rings. The molecule has 0 bridgehead atoms. The lowest BCUT2D eigenvalue weighted by molar-refractivity contribution is 0.0985. The molecule has 4 N–H and O–H groups in total. The van der Waals surface area contributed by atoms with Gasteiger partial charge in [0.1, 0.15) is 4.90 Å². The van der Waals surface area contributed by atoms with Gasteiger partial charge in [-0.2, -0.15) is 0 Å². The van der Waals surface area contributed by atoms with E-state index in [9.17, 15) is 13.2 Å². The number of hydrogen-bond donors (Lipinski definition) is 4. The van der Waals surface area contributed by atoms with Crippen molar-refractivity contribution < 1.29 is 28.5 Å². The zero-order chi connectivity index (χ0) is 15.6. The summed E-state index contributed by atoms with van der Waals surface area (Å²) in [4.78, 5) is 11.1. The third kappa shape index (κ3) is 2.90. The average Bonchev–Trinajstić information content (AvgIpc) is 2.68. The van der Waals surface area contributed by atoms with Crippen LogP contribution in [0.5, 0.6) is 17.2 Å². The number of amides is 1. The van der Waals surface area contributed by atoms with Gasteiger partial charge in [0, 0.05) is 0 Å². The maximum absolute atomic E-state index is 11.1. The number of phenolic OH excluding ortho intramolecular Hbond substituents is 3. The smallest absolute Gasteiger partial charge is 0.266 e. The molecule has 0 atom stereocenters. The highest BCUT2D eigenvalue weighted by atomic mass is 32.2. The van der Waals surface area contributed by atoms with Crippen LogP contribution in [0.25, 0.3) is 0 Å². The van der Waals surface area contributed by atoms with Crippen molar-refractivity contribution in [3.8, 4) is 17.2 Å². The molecule has 0 fully saturated rings. The molecule has 1 heterocycles. The highest BCUT2D eigenvalue weighted by Gasteiger charge is 2.31. The minimum atomic E-state index is -3.55. The summed E-state index contributed by atoms with van der Waals surface area (Å²) in [6.45, 7) is 0. The Morgan fingerprint density at radius 1 is 0.857 bits per heavy atom. The zero-order valence-electron chi connectivity index (χ0n) is 10.5. The van der Waals surface area contributed by atoms with Gasteiger partial charge in [-0.1, -0.05) is 18.2 Å². The molecular formula is C13H11NO6S. The number of aromatic hydroxyl groups is 3. The van der Waals surface area contributed by atoms with Crippen molar-refractivity contribution >= 4 is 15.9 Å². The third-order valence-electron chi connectivity index (χ3n) is 2.64. The summed E-state index contributed by atoms with van der Waals surface area (Å²) in [5, 5.41) is 26.1. The van der Waals surface area contributed by atoms with Crippen LogP contribution in [0.3, 0.4) is 0 Å². The molecule has 0 saturated carbocycles. The number of nitrogens with one attached hydrogen (secondary N) is 1. The van der Waals surface area contributed by atoms with Gasteiger partial charge in [0.2, 0.25) is 0 Å². The number of fused-ring (bicyclic) bond motifs is 1. The predicted molar refractivity (Wildman–Crippen MR) is 72.5 cm³/mol. The number of carbonyl (C=O) groups is 1. The summed E-state index contributed by atoms with van der Waals surface area (Å²) in [5.74, 6) is -1.65. The number of sulfonamides is 1. The number of para-hydroxylation sites is 1. The van der Waals surface area contributed by atoms with Crippen molar-refractivity contribution in [3.05, 3.63) is 48.0 Å². The van der Waals surface area contributed by atoms with Crippen LogP contribution in [-0.4, -0.2) is 29.6 Å². The molecule has 7 nitrogen and oxygen atoms in total. The minimum Gasteiger partial charge on any atom is -0.504 e. The van der Waals surface area contributed by atoms with E-state index in [2.05, 4.69) is 0 Å². The first kappa shape index (κ1) is 14.7. The van der Waals surface area contributed by atoms with Gasteiger partial charge in [0.05, 0.1) is 5.56 Å². The first-order chi connectivity index (χ1) is 9.83. The molecule has 2 aromatic rings. The molecule has 2 aromatic carbocycles. The van der Waals surface area contributed by atoms with Gasteiger partial charge in [-0.15, -0.1) is 0 Å². The molecule has 1 amide bonds. The Balaban J connectivity index is 0.000000161. The number of rotatable bonds is 0. The lowest BCUT2D eigenvalue weighted by Crippen LogP contribution is -2.20. The Bertz CT molecular complexity index is 780. The van der Waals surface area contributed by atoms with Crippen LogP contribution < -0.4 is 4.72 Å². The monoisotopic (exact) mass is 309 g/mol. The normalized spacial score (nSPS) is 14.6.